The molecular formula is C19H42N2O4. The van der Waals surface area contributed by atoms with Gasteiger partial charge in [-0.2, -0.15) is 0 Å². The Labute approximate surface area is 154 Å². The van der Waals surface area contributed by atoms with E-state index in [1.54, 1.807) is 0 Å². The van der Waals surface area contributed by atoms with Crippen molar-refractivity contribution in [3.05, 3.63) is 0 Å². The van der Waals surface area contributed by atoms with Crippen LogP contribution in [0.15, 0.2) is 0 Å². The SMILES string of the molecule is CCCC(C)(COCC(C)OCC(C)N)COCC(C)OCC(C)N. The summed E-state index contributed by atoms with van der Waals surface area (Å²) in [5.41, 5.74) is 11.4. The minimum atomic E-state index is -0.00346. The lowest BCUT2D eigenvalue weighted by atomic mass is 9.87. The van der Waals surface area contributed by atoms with Crippen molar-refractivity contribution in [3.63, 3.8) is 0 Å². The standard InChI is InChI=1S/C19H42N2O4/c1-7-8-19(6,13-22-11-17(4)24-9-15(2)20)14-23-12-18(5)25-10-16(3)21/h15-18H,7-14,20-21H2,1-6H3. The molecule has 0 aromatic heterocycles. The van der Waals surface area contributed by atoms with E-state index in [1.807, 2.05) is 27.7 Å². The monoisotopic (exact) mass is 362 g/mol. The molecular weight excluding hydrogens is 320 g/mol. The van der Waals surface area contributed by atoms with Gasteiger partial charge in [-0.15, -0.1) is 0 Å². The van der Waals surface area contributed by atoms with Gasteiger partial charge in [0.25, 0.3) is 0 Å². The Morgan fingerprint density at radius 1 is 0.760 bits per heavy atom. The van der Waals surface area contributed by atoms with Gasteiger partial charge >= 0.3 is 0 Å². The molecule has 0 fully saturated rings. The molecule has 0 aliphatic rings. The molecule has 0 aliphatic heterocycles. The maximum atomic E-state index is 5.89. The summed E-state index contributed by atoms with van der Waals surface area (Å²) < 4.78 is 23.0. The van der Waals surface area contributed by atoms with Crippen molar-refractivity contribution in [1.29, 1.82) is 0 Å². The van der Waals surface area contributed by atoms with E-state index >= 15 is 0 Å². The van der Waals surface area contributed by atoms with Crippen LogP contribution in [-0.4, -0.2) is 63.9 Å². The maximum Gasteiger partial charge on any atom is 0.0781 e. The van der Waals surface area contributed by atoms with E-state index in [-0.39, 0.29) is 29.7 Å². The molecule has 4 unspecified atom stereocenters. The largest absolute Gasteiger partial charge is 0.378 e. The predicted octanol–water partition coefficient (Wildman–Crippen LogP) is 2.33. The van der Waals surface area contributed by atoms with Gasteiger partial charge in [0.05, 0.1) is 51.8 Å². The van der Waals surface area contributed by atoms with Crippen molar-refractivity contribution in [2.24, 2.45) is 16.9 Å². The zero-order valence-corrected chi connectivity index (χ0v) is 17.3. The van der Waals surface area contributed by atoms with E-state index in [9.17, 15) is 0 Å². The normalized spacial score (nSPS) is 19.2. The van der Waals surface area contributed by atoms with Gasteiger partial charge in [0, 0.05) is 17.5 Å². The van der Waals surface area contributed by atoms with Gasteiger partial charge in [-0.1, -0.05) is 20.3 Å². The minimum absolute atomic E-state index is 0.00346. The Morgan fingerprint density at radius 2 is 1.16 bits per heavy atom. The number of hydrogen-bond acceptors (Lipinski definition) is 6. The Bertz CT molecular complexity index is 290. The second-order valence-corrected chi connectivity index (χ2v) is 7.83. The summed E-state index contributed by atoms with van der Waals surface area (Å²) in [5.74, 6) is 0. The second kappa shape index (κ2) is 13.9. The van der Waals surface area contributed by atoms with Crippen LogP contribution in [0.2, 0.25) is 0 Å². The summed E-state index contributed by atoms with van der Waals surface area (Å²) in [6.45, 7) is 15.8. The summed E-state index contributed by atoms with van der Waals surface area (Å²) >= 11 is 0. The first kappa shape index (κ1) is 24.8. The number of nitrogens with two attached hydrogens (primary N) is 2. The van der Waals surface area contributed by atoms with E-state index in [2.05, 4.69) is 13.8 Å². The molecule has 4 N–H and O–H groups in total. The van der Waals surface area contributed by atoms with E-state index in [0.717, 1.165) is 12.8 Å². The van der Waals surface area contributed by atoms with Gasteiger partial charge in [-0.25, -0.2) is 0 Å². The van der Waals surface area contributed by atoms with Crippen LogP contribution in [0.3, 0.4) is 0 Å². The van der Waals surface area contributed by atoms with Gasteiger partial charge in [-0.3, -0.25) is 0 Å². The Morgan fingerprint density at radius 3 is 1.48 bits per heavy atom. The van der Waals surface area contributed by atoms with Crippen LogP contribution in [0.1, 0.15) is 54.4 Å². The van der Waals surface area contributed by atoms with E-state index in [0.29, 0.717) is 39.6 Å². The highest BCUT2D eigenvalue weighted by Gasteiger charge is 2.25. The quantitative estimate of drug-likeness (QED) is 0.438. The third kappa shape index (κ3) is 14.6. The minimum Gasteiger partial charge on any atom is -0.378 e. The van der Waals surface area contributed by atoms with Gasteiger partial charge in [0.2, 0.25) is 0 Å². The van der Waals surface area contributed by atoms with Crippen LogP contribution in [0.4, 0.5) is 0 Å². The molecule has 0 spiro atoms. The fourth-order valence-corrected chi connectivity index (χ4v) is 2.46. The molecule has 6 heteroatoms. The molecule has 152 valence electrons. The lowest BCUT2D eigenvalue weighted by molar-refractivity contribution is -0.0716. The zero-order valence-electron chi connectivity index (χ0n) is 17.3. The molecule has 6 nitrogen and oxygen atoms in total. The van der Waals surface area contributed by atoms with Crippen LogP contribution >= 0.6 is 0 Å². The topological polar surface area (TPSA) is 89.0 Å². The van der Waals surface area contributed by atoms with Crippen LogP contribution in [0.5, 0.6) is 0 Å². The van der Waals surface area contributed by atoms with Crippen molar-refractivity contribution in [1.82, 2.24) is 0 Å². The van der Waals surface area contributed by atoms with Gasteiger partial charge in [-0.05, 0) is 34.1 Å². The van der Waals surface area contributed by atoms with E-state index in [4.69, 9.17) is 30.4 Å². The highest BCUT2D eigenvalue weighted by atomic mass is 16.5. The average molecular weight is 363 g/mol. The maximum absolute atomic E-state index is 5.89. The van der Waals surface area contributed by atoms with Crippen LogP contribution in [-0.2, 0) is 18.9 Å². The summed E-state index contributed by atoms with van der Waals surface area (Å²) in [6.07, 6.45) is 2.24. The van der Waals surface area contributed by atoms with Crippen molar-refractivity contribution in [2.45, 2.75) is 78.7 Å². The Kier molecular flexibility index (Phi) is 13.8. The number of ether oxygens (including phenoxy) is 4. The van der Waals surface area contributed by atoms with Crippen molar-refractivity contribution >= 4 is 0 Å². The van der Waals surface area contributed by atoms with Crippen LogP contribution in [0, 0.1) is 5.41 Å². The molecule has 4 atom stereocenters. The smallest absolute Gasteiger partial charge is 0.0781 e. The van der Waals surface area contributed by atoms with Crippen molar-refractivity contribution in [3.8, 4) is 0 Å². The van der Waals surface area contributed by atoms with Crippen LogP contribution in [0.25, 0.3) is 0 Å². The highest BCUT2D eigenvalue weighted by Crippen LogP contribution is 2.24. The third-order valence-corrected chi connectivity index (χ3v) is 3.75. The van der Waals surface area contributed by atoms with E-state index in [1.165, 1.54) is 0 Å². The summed E-state index contributed by atoms with van der Waals surface area (Å²) in [7, 11) is 0. The van der Waals surface area contributed by atoms with E-state index < -0.39 is 0 Å². The first-order valence-corrected chi connectivity index (χ1v) is 9.58. The lowest BCUT2D eigenvalue weighted by Crippen LogP contribution is -2.33. The number of rotatable bonds is 16. The molecule has 0 aromatic rings. The molecule has 25 heavy (non-hydrogen) atoms. The molecule has 0 rings (SSSR count). The molecule has 0 amide bonds. The fraction of sp³-hybridized carbons (Fsp3) is 1.00. The van der Waals surface area contributed by atoms with Crippen molar-refractivity contribution < 1.29 is 18.9 Å². The summed E-state index contributed by atoms with van der Waals surface area (Å²) in [4.78, 5) is 0. The van der Waals surface area contributed by atoms with Gasteiger partial charge < -0.3 is 30.4 Å². The molecule has 0 bridgehead atoms. The van der Waals surface area contributed by atoms with Gasteiger partial charge in [0.1, 0.15) is 0 Å². The van der Waals surface area contributed by atoms with Gasteiger partial charge in [0.15, 0.2) is 0 Å². The third-order valence-electron chi connectivity index (χ3n) is 3.75. The average Bonchev–Trinajstić information content (AvgIpc) is 2.51. The summed E-state index contributed by atoms with van der Waals surface area (Å²) in [5, 5.41) is 0. The first-order valence-electron chi connectivity index (χ1n) is 9.58. The number of hydrogen-bond donors (Lipinski definition) is 2. The Hall–Kier alpha value is -0.240. The zero-order chi connectivity index (χ0) is 19.3. The second-order valence-electron chi connectivity index (χ2n) is 7.83. The van der Waals surface area contributed by atoms with Crippen molar-refractivity contribution in [2.75, 3.05) is 39.6 Å². The molecule has 0 aromatic carbocycles. The highest BCUT2D eigenvalue weighted by molar-refractivity contribution is 4.74. The fourth-order valence-electron chi connectivity index (χ4n) is 2.46. The molecule has 0 saturated carbocycles. The van der Waals surface area contributed by atoms with Crippen LogP contribution < -0.4 is 11.5 Å². The first-order chi connectivity index (χ1) is 11.7. The summed E-state index contributed by atoms with van der Waals surface area (Å²) in [6, 6.07) is 0.0975. The molecule has 0 heterocycles. The predicted molar refractivity (Wildman–Crippen MR) is 103 cm³/mol. The molecule has 0 aliphatic carbocycles. The molecule has 0 radical (unpaired) electrons. The lowest BCUT2D eigenvalue weighted by Gasteiger charge is -2.30. The Balaban J connectivity index is 4.09. The molecule has 0 saturated heterocycles.